The number of halogens is 4. The maximum Gasteiger partial charge on any atom is 0.422 e. The fourth-order valence-corrected chi connectivity index (χ4v) is 3.65. The average molecular weight is 487 g/mol. The Kier molecular flexibility index (Phi) is 5.70. The van der Waals surface area contributed by atoms with Gasteiger partial charge in [-0.1, -0.05) is 40.2 Å². The molecule has 0 saturated carbocycles. The molecule has 29 heavy (non-hydrogen) atoms. The normalized spacial score (nSPS) is 12.1. The molecule has 0 atom stereocenters. The van der Waals surface area contributed by atoms with Crippen molar-refractivity contribution in [3.8, 4) is 28.1 Å². The molecule has 0 bridgehead atoms. The number of hydrogen-bond donors (Lipinski definition) is 1. The largest absolute Gasteiger partial charge is 0.481 e. The number of methoxy groups -OCH3 is 1. The molecule has 2 aromatic carbocycles. The van der Waals surface area contributed by atoms with E-state index in [2.05, 4.69) is 20.9 Å². The predicted molar refractivity (Wildman–Crippen MR) is 106 cm³/mol. The SMILES string of the molecule is COc1ncc(-c2ccc(Br)cc2)c(-c2ccc(S(N)(=O)=O)cc2)c1C(F)(F)F. The van der Waals surface area contributed by atoms with E-state index in [0.29, 0.717) is 5.56 Å². The van der Waals surface area contributed by atoms with Gasteiger partial charge in [0.1, 0.15) is 5.56 Å². The number of nitrogens with two attached hydrogens (primary N) is 1. The van der Waals surface area contributed by atoms with Crippen LogP contribution in [0.5, 0.6) is 5.88 Å². The second-order valence-corrected chi connectivity index (χ2v) is 8.48. The molecule has 3 aromatic rings. The highest BCUT2D eigenvalue weighted by atomic mass is 79.9. The monoisotopic (exact) mass is 486 g/mol. The molecule has 152 valence electrons. The van der Waals surface area contributed by atoms with E-state index in [9.17, 15) is 21.6 Å². The molecule has 0 aliphatic carbocycles. The van der Waals surface area contributed by atoms with Crippen LogP contribution in [0, 0.1) is 0 Å². The summed E-state index contributed by atoms with van der Waals surface area (Å²) >= 11 is 3.29. The Morgan fingerprint density at radius 1 is 1.00 bits per heavy atom. The number of nitrogens with zero attached hydrogens (tertiary/aromatic N) is 1. The Balaban J connectivity index is 2.36. The second kappa shape index (κ2) is 7.77. The van der Waals surface area contributed by atoms with Gasteiger partial charge in [0, 0.05) is 21.8 Å². The summed E-state index contributed by atoms with van der Waals surface area (Å²) in [5, 5.41) is 5.08. The Bertz CT molecular complexity index is 1150. The van der Waals surface area contributed by atoms with Crippen molar-refractivity contribution in [2.75, 3.05) is 7.11 Å². The zero-order valence-corrected chi connectivity index (χ0v) is 17.3. The average Bonchev–Trinajstić information content (AvgIpc) is 2.66. The Morgan fingerprint density at radius 3 is 2.03 bits per heavy atom. The first-order valence-electron chi connectivity index (χ1n) is 8.05. The third-order valence-electron chi connectivity index (χ3n) is 4.15. The van der Waals surface area contributed by atoms with Gasteiger partial charge in [-0.15, -0.1) is 0 Å². The van der Waals surface area contributed by atoms with Gasteiger partial charge < -0.3 is 4.74 Å². The molecule has 0 aliphatic rings. The summed E-state index contributed by atoms with van der Waals surface area (Å²) in [6, 6.07) is 11.5. The van der Waals surface area contributed by atoms with Gasteiger partial charge in [-0.05, 0) is 35.4 Å². The highest BCUT2D eigenvalue weighted by Crippen LogP contribution is 2.46. The first kappa shape index (κ1) is 21.3. The van der Waals surface area contributed by atoms with Crippen molar-refractivity contribution in [2.45, 2.75) is 11.1 Å². The zero-order valence-electron chi connectivity index (χ0n) is 14.9. The second-order valence-electron chi connectivity index (χ2n) is 6.01. The zero-order chi connectivity index (χ0) is 21.4. The first-order chi connectivity index (χ1) is 13.5. The predicted octanol–water partition coefficient (Wildman–Crippen LogP) is 4.85. The maximum atomic E-state index is 14.0. The lowest BCUT2D eigenvalue weighted by atomic mass is 9.92. The fourth-order valence-electron chi connectivity index (χ4n) is 2.87. The summed E-state index contributed by atoms with van der Waals surface area (Å²) in [6.07, 6.45) is -3.47. The highest BCUT2D eigenvalue weighted by molar-refractivity contribution is 9.10. The molecule has 0 fully saturated rings. The number of primary sulfonamides is 1. The van der Waals surface area contributed by atoms with Gasteiger partial charge in [-0.25, -0.2) is 18.5 Å². The van der Waals surface area contributed by atoms with Gasteiger partial charge in [0.15, 0.2) is 0 Å². The Labute approximate surface area is 173 Å². The van der Waals surface area contributed by atoms with Gasteiger partial charge in [0.25, 0.3) is 0 Å². The number of hydrogen-bond acceptors (Lipinski definition) is 4. The van der Waals surface area contributed by atoms with Crippen LogP contribution in [0.1, 0.15) is 5.56 Å². The summed E-state index contributed by atoms with van der Waals surface area (Å²) in [5.41, 5.74) is -0.367. The minimum atomic E-state index is -4.77. The third kappa shape index (κ3) is 4.44. The third-order valence-corrected chi connectivity index (χ3v) is 5.61. The number of sulfonamides is 1. The lowest BCUT2D eigenvalue weighted by Gasteiger charge is -2.20. The minimum absolute atomic E-state index is 0.142. The molecule has 1 heterocycles. The van der Waals surface area contributed by atoms with Crippen molar-refractivity contribution in [2.24, 2.45) is 5.14 Å². The van der Waals surface area contributed by atoms with Gasteiger partial charge in [0.2, 0.25) is 15.9 Å². The van der Waals surface area contributed by atoms with Gasteiger partial charge in [-0.3, -0.25) is 0 Å². The molecular formula is C19H14BrF3N2O3S. The molecule has 0 aliphatic heterocycles. The van der Waals surface area contributed by atoms with E-state index in [1.165, 1.54) is 18.3 Å². The first-order valence-corrected chi connectivity index (χ1v) is 10.4. The molecule has 1 aromatic heterocycles. The highest BCUT2D eigenvalue weighted by Gasteiger charge is 2.39. The van der Waals surface area contributed by atoms with E-state index < -0.39 is 27.6 Å². The number of rotatable bonds is 4. The van der Waals surface area contributed by atoms with Crippen molar-refractivity contribution in [3.63, 3.8) is 0 Å². The van der Waals surface area contributed by atoms with E-state index in [-0.39, 0.29) is 21.6 Å². The van der Waals surface area contributed by atoms with E-state index in [1.807, 2.05) is 0 Å². The van der Waals surface area contributed by atoms with Crippen LogP contribution in [0.4, 0.5) is 13.2 Å². The summed E-state index contributed by atoms with van der Waals surface area (Å²) in [4.78, 5) is 3.63. The van der Waals surface area contributed by atoms with E-state index in [1.54, 1.807) is 24.3 Å². The van der Waals surface area contributed by atoms with Crippen LogP contribution < -0.4 is 9.88 Å². The summed E-state index contributed by atoms with van der Waals surface area (Å²) in [6.45, 7) is 0. The lowest BCUT2D eigenvalue weighted by molar-refractivity contribution is -0.138. The van der Waals surface area contributed by atoms with Crippen LogP contribution in [-0.4, -0.2) is 20.5 Å². The van der Waals surface area contributed by atoms with Crippen LogP contribution in [0.15, 0.2) is 64.1 Å². The van der Waals surface area contributed by atoms with Crippen LogP contribution in [0.2, 0.25) is 0 Å². The summed E-state index contributed by atoms with van der Waals surface area (Å²) < 4.78 is 70.5. The molecule has 0 unspecified atom stereocenters. The van der Waals surface area contributed by atoms with Crippen LogP contribution in [0.3, 0.4) is 0 Å². The number of aromatic nitrogens is 1. The fraction of sp³-hybridized carbons (Fsp3) is 0.105. The molecule has 2 N–H and O–H groups in total. The standard InChI is InChI=1S/C19H14BrF3N2O3S/c1-28-18-17(19(21,22)23)16(12-4-8-14(9-5-12)29(24,26)27)15(10-25-18)11-2-6-13(20)7-3-11/h2-10H,1H3,(H2,24,26,27). The van der Waals surface area contributed by atoms with Crippen molar-refractivity contribution in [3.05, 3.63) is 64.8 Å². The molecule has 3 rings (SSSR count). The molecule has 0 spiro atoms. The summed E-state index contributed by atoms with van der Waals surface area (Å²) in [7, 11) is -2.88. The molecule has 10 heteroatoms. The minimum Gasteiger partial charge on any atom is -0.481 e. The lowest BCUT2D eigenvalue weighted by Crippen LogP contribution is -2.13. The number of benzene rings is 2. The number of ether oxygens (including phenoxy) is 1. The summed E-state index contributed by atoms with van der Waals surface area (Å²) in [5.74, 6) is -0.580. The van der Waals surface area contributed by atoms with E-state index >= 15 is 0 Å². The Hall–Kier alpha value is -2.43. The topological polar surface area (TPSA) is 82.3 Å². The van der Waals surface area contributed by atoms with Crippen LogP contribution in [0.25, 0.3) is 22.3 Å². The molecule has 0 saturated heterocycles. The number of alkyl halides is 3. The Morgan fingerprint density at radius 2 is 1.55 bits per heavy atom. The molecule has 0 amide bonds. The van der Waals surface area contributed by atoms with Crippen LogP contribution >= 0.6 is 15.9 Å². The van der Waals surface area contributed by atoms with Gasteiger partial charge in [-0.2, -0.15) is 13.2 Å². The van der Waals surface area contributed by atoms with Crippen molar-refractivity contribution < 1.29 is 26.3 Å². The van der Waals surface area contributed by atoms with E-state index in [4.69, 9.17) is 9.88 Å². The van der Waals surface area contributed by atoms with Gasteiger partial charge >= 0.3 is 6.18 Å². The maximum absolute atomic E-state index is 14.0. The quantitative estimate of drug-likeness (QED) is 0.571. The molecular weight excluding hydrogens is 473 g/mol. The van der Waals surface area contributed by atoms with E-state index in [0.717, 1.165) is 23.7 Å². The van der Waals surface area contributed by atoms with Gasteiger partial charge in [0.05, 0.1) is 12.0 Å². The van der Waals surface area contributed by atoms with Crippen molar-refractivity contribution >= 4 is 26.0 Å². The number of pyridine rings is 1. The molecule has 5 nitrogen and oxygen atoms in total. The van der Waals surface area contributed by atoms with Crippen molar-refractivity contribution in [1.82, 2.24) is 4.98 Å². The van der Waals surface area contributed by atoms with Crippen LogP contribution in [-0.2, 0) is 16.2 Å². The van der Waals surface area contributed by atoms with Crippen molar-refractivity contribution in [1.29, 1.82) is 0 Å². The molecule has 0 radical (unpaired) electrons. The smallest absolute Gasteiger partial charge is 0.422 e.